The minimum Gasteiger partial charge on any atom is -0.481 e. The van der Waals surface area contributed by atoms with E-state index in [0.29, 0.717) is 0 Å². The molecule has 0 radical (unpaired) electrons. The van der Waals surface area contributed by atoms with Crippen LogP contribution in [0.4, 0.5) is 0 Å². The van der Waals surface area contributed by atoms with Crippen LogP contribution in [-0.4, -0.2) is 27.1 Å². The minimum atomic E-state index is -1.82. The van der Waals surface area contributed by atoms with Gasteiger partial charge in [0.2, 0.25) is 0 Å². The van der Waals surface area contributed by atoms with Crippen LogP contribution in [0.2, 0.25) is 0 Å². The van der Waals surface area contributed by atoms with E-state index in [0.717, 1.165) is 0 Å². The maximum atomic E-state index is 10.1. The molecule has 0 aromatic rings. The average molecular weight is 206 g/mol. The molecule has 80 valence electrons. The number of carbonyl (C=O) groups is 1. The van der Waals surface area contributed by atoms with Gasteiger partial charge in [0.25, 0.3) is 0 Å². The molecule has 0 aliphatic rings. The van der Waals surface area contributed by atoms with E-state index < -0.39 is 22.0 Å². The quantitative estimate of drug-likeness (QED) is 0.280. The molecule has 0 spiro atoms. The van der Waals surface area contributed by atoms with Crippen molar-refractivity contribution >= 4 is 5.97 Å². The van der Waals surface area contributed by atoms with Crippen LogP contribution in [0.15, 0.2) is 0 Å². The van der Waals surface area contributed by atoms with Crippen molar-refractivity contribution in [3.63, 3.8) is 0 Å². The number of aliphatic carboxylic acids is 1. The Labute approximate surface area is 78.8 Å². The average Bonchev–Trinajstić information content (AvgIpc) is 2.01. The zero-order chi connectivity index (χ0) is 11.1. The lowest BCUT2D eigenvalue weighted by molar-refractivity contribution is -0.743. The predicted octanol–water partition coefficient (Wildman–Crippen LogP) is 0.511. The summed E-state index contributed by atoms with van der Waals surface area (Å²) in [6.45, 7) is 0. The predicted molar refractivity (Wildman–Crippen MR) is 43.9 cm³/mol. The Morgan fingerprint density at radius 2 is 1.71 bits per heavy atom. The molecule has 0 saturated heterocycles. The summed E-state index contributed by atoms with van der Waals surface area (Å²) in [5.41, 5.74) is 0. The molecular weight excluding hydrogens is 196 g/mol. The maximum Gasteiger partial charge on any atom is 0.450 e. The molecule has 14 heavy (non-hydrogen) atoms. The summed E-state index contributed by atoms with van der Waals surface area (Å²) in [4.78, 5) is 28.3. The second kappa shape index (κ2) is 5.84. The van der Waals surface area contributed by atoms with Crippen molar-refractivity contribution in [2.45, 2.75) is 31.8 Å². The molecule has 0 fully saturated rings. The van der Waals surface area contributed by atoms with Gasteiger partial charge in [0, 0.05) is 6.42 Å². The molecule has 0 rings (SSSR count). The number of nitro groups is 2. The minimum absolute atomic E-state index is 0.123. The van der Waals surface area contributed by atoms with E-state index in [4.69, 9.17) is 5.11 Å². The van der Waals surface area contributed by atoms with E-state index in [1.807, 2.05) is 0 Å². The van der Waals surface area contributed by atoms with Crippen molar-refractivity contribution in [3.05, 3.63) is 20.2 Å². The fraction of sp³-hybridized carbons (Fsp3) is 0.833. The third-order valence-electron chi connectivity index (χ3n) is 1.59. The van der Waals surface area contributed by atoms with Gasteiger partial charge in [-0.05, 0) is 12.8 Å². The van der Waals surface area contributed by atoms with Crippen molar-refractivity contribution in [2.24, 2.45) is 0 Å². The fourth-order valence-corrected chi connectivity index (χ4v) is 0.891. The number of unbranched alkanes of at least 4 members (excludes halogenated alkanes) is 1. The molecule has 0 heterocycles. The monoisotopic (exact) mass is 206 g/mol. The van der Waals surface area contributed by atoms with Crippen LogP contribution in [0.25, 0.3) is 0 Å². The van der Waals surface area contributed by atoms with Crippen LogP contribution in [-0.2, 0) is 4.79 Å². The molecule has 0 saturated carbocycles. The van der Waals surface area contributed by atoms with E-state index in [1.165, 1.54) is 0 Å². The number of rotatable bonds is 7. The molecule has 8 heteroatoms. The summed E-state index contributed by atoms with van der Waals surface area (Å²) < 4.78 is 0. The number of hydrogen-bond donors (Lipinski definition) is 1. The number of hydrogen-bond acceptors (Lipinski definition) is 5. The second-order valence-electron chi connectivity index (χ2n) is 2.69. The van der Waals surface area contributed by atoms with Gasteiger partial charge in [0.15, 0.2) is 0 Å². The van der Waals surface area contributed by atoms with Crippen LogP contribution in [0.5, 0.6) is 0 Å². The molecule has 0 unspecified atom stereocenters. The molecule has 0 amide bonds. The van der Waals surface area contributed by atoms with E-state index in [1.54, 1.807) is 0 Å². The van der Waals surface area contributed by atoms with Crippen LogP contribution in [0.1, 0.15) is 25.7 Å². The smallest absolute Gasteiger partial charge is 0.450 e. The Bertz CT molecular complexity index is 226. The summed E-state index contributed by atoms with van der Waals surface area (Å²) >= 11 is 0. The summed E-state index contributed by atoms with van der Waals surface area (Å²) in [7, 11) is 0. The highest BCUT2D eigenvalue weighted by molar-refractivity contribution is 5.66. The van der Waals surface area contributed by atoms with Gasteiger partial charge in [-0.15, -0.1) is 0 Å². The normalized spacial score (nSPS) is 10.1. The molecule has 8 nitrogen and oxygen atoms in total. The van der Waals surface area contributed by atoms with Crippen molar-refractivity contribution in [1.82, 2.24) is 0 Å². The highest BCUT2D eigenvalue weighted by atomic mass is 16.7. The Hall–Kier alpha value is -1.73. The van der Waals surface area contributed by atoms with Gasteiger partial charge in [0.1, 0.15) is 0 Å². The maximum absolute atomic E-state index is 10.1. The Balaban J connectivity index is 3.78. The molecular formula is C6H10N2O6. The molecule has 0 atom stereocenters. The van der Waals surface area contributed by atoms with Gasteiger partial charge in [-0.2, -0.15) is 0 Å². The van der Waals surface area contributed by atoms with Crippen molar-refractivity contribution < 1.29 is 19.7 Å². The van der Waals surface area contributed by atoms with Crippen LogP contribution in [0, 0.1) is 20.2 Å². The number of carboxylic acid groups (broad SMARTS) is 1. The van der Waals surface area contributed by atoms with E-state index in [2.05, 4.69) is 0 Å². The topological polar surface area (TPSA) is 124 Å². The van der Waals surface area contributed by atoms with Gasteiger partial charge in [-0.3, -0.25) is 25.0 Å². The number of nitrogens with zero attached hydrogens (tertiary/aromatic N) is 2. The SMILES string of the molecule is O=C(O)CCCCC([N+](=O)[O-])[N+](=O)[O-]. The molecule has 1 N–H and O–H groups in total. The van der Waals surface area contributed by atoms with Gasteiger partial charge in [0.05, 0.1) is 16.3 Å². The molecule has 0 bridgehead atoms. The highest BCUT2D eigenvalue weighted by Gasteiger charge is 2.30. The first-order valence-corrected chi connectivity index (χ1v) is 3.94. The van der Waals surface area contributed by atoms with Crippen molar-refractivity contribution in [1.29, 1.82) is 0 Å². The van der Waals surface area contributed by atoms with Crippen molar-refractivity contribution in [3.8, 4) is 0 Å². The third-order valence-corrected chi connectivity index (χ3v) is 1.59. The first-order valence-electron chi connectivity index (χ1n) is 3.94. The lowest BCUT2D eigenvalue weighted by atomic mass is 10.2. The first-order chi connectivity index (χ1) is 6.45. The third kappa shape index (κ3) is 5.01. The van der Waals surface area contributed by atoms with Gasteiger partial charge < -0.3 is 5.11 Å². The fourth-order valence-electron chi connectivity index (χ4n) is 0.891. The molecule has 0 aliphatic heterocycles. The Morgan fingerprint density at radius 1 is 1.21 bits per heavy atom. The second-order valence-corrected chi connectivity index (χ2v) is 2.69. The van der Waals surface area contributed by atoms with Crippen molar-refractivity contribution in [2.75, 3.05) is 0 Å². The summed E-state index contributed by atoms with van der Waals surface area (Å²) in [6, 6.07) is 0. The lowest BCUT2D eigenvalue weighted by Gasteiger charge is -2.00. The summed E-state index contributed by atoms with van der Waals surface area (Å²) in [5, 5.41) is 28.5. The zero-order valence-electron chi connectivity index (χ0n) is 7.29. The molecule has 0 aliphatic carbocycles. The Kier molecular flexibility index (Phi) is 5.12. The number of carboxylic acids is 1. The molecule has 0 aromatic carbocycles. The van der Waals surface area contributed by atoms with E-state index in [9.17, 15) is 25.0 Å². The van der Waals surface area contributed by atoms with Gasteiger partial charge in [-0.25, -0.2) is 0 Å². The highest BCUT2D eigenvalue weighted by Crippen LogP contribution is 2.06. The zero-order valence-corrected chi connectivity index (χ0v) is 7.29. The summed E-state index contributed by atoms with van der Waals surface area (Å²) in [5.74, 6) is -1.01. The molecule has 0 aromatic heterocycles. The van der Waals surface area contributed by atoms with Crippen LogP contribution < -0.4 is 0 Å². The standard InChI is InChI=1S/C6H10N2O6/c9-6(10)4-2-1-3-5(7(11)12)8(13)14/h5H,1-4H2,(H,9,10). The Morgan fingerprint density at radius 3 is 2.07 bits per heavy atom. The largest absolute Gasteiger partial charge is 0.481 e. The summed E-state index contributed by atoms with van der Waals surface area (Å²) in [6.07, 6.45) is -1.79. The van der Waals surface area contributed by atoms with Crippen LogP contribution in [0.3, 0.4) is 0 Å². The van der Waals surface area contributed by atoms with E-state index in [-0.39, 0.29) is 25.7 Å². The van der Waals surface area contributed by atoms with Gasteiger partial charge >= 0.3 is 12.1 Å². The van der Waals surface area contributed by atoms with Crippen LogP contribution >= 0.6 is 0 Å². The lowest BCUT2D eigenvalue weighted by Crippen LogP contribution is -2.28. The van der Waals surface area contributed by atoms with Gasteiger partial charge in [-0.1, -0.05) is 0 Å². The van der Waals surface area contributed by atoms with E-state index >= 15 is 0 Å². The first kappa shape index (κ1) is 12.3.